The van der Waals surface area contributed by atoms with E-state index in [4.69, 9.17) is 9.47 Å². The van der Waals surface area contributed by atoms with Gasteiger partial charge in [0.05, 0.1) is 14.2 Å². The molecule has 1 fully saturated rings. The highest BCUT2D eigenvalue weighted by Gasteiger charge is 2.24. The number of piperazine rings is 1. The van der Waals surface area contributed by atoms with Crippen LogP contribution in [0.5, 0.6) is 11.5 Å². The smallest absolute Gasteiger partial charge is 0.254 e. The molecule has 0 spiro atoms. The second-order valence-corrected chi connectivity index (χ2v) is 7.17. The summed E-state index contributed by atoms with van der Waals surface area (Å²) in [6.07, 6.45) is -0.469. The van der Waals surface area contributed by atoms with Gasteiger partial charge in [-0.2, -0.15) is 0 Å². The Labute approximate surface area is 157 Å². The molecule has 0 saturated carbocycles. The molecule has 0 aliphatic carbocycles. The third-order valence-corrected chi connectivity index (χ3v) is 5.57. The summed E-state index contributed by atoms with van der Waals surface area (Å²) >= 11 is 1.57. The number of methoxy groups -OCH3 is 2. The Kier molecular flexibility index (Phi) is 6.13. The number of β-amino-alcohol motifs (C(OH)–C–C–N with tert-alkyl or cyclic N) is 1. The minimum absolute atomic E-state index is 0.00981. The second kappa shape index (κ2) is 8.53. The van der Waals surface area contributed by atoms with Gasteiger partial charge in [-0.25, -0.2) is 0 Å². The SMILES string of the molecule is COc1ccc(C(=O)N2CCN(CC(O)c3cccs3)CC2)cc1OC. The Bertz CT molecular complexity index is 727. The van der Waals surface area contributed by atoms with Gasteiger partial charge in [-0.1, -0.05) is 6.07 Å². The van der Waals surface area contributed by atoms with E-state index < -0.39 is 6.10 Å². The zero-order valence-electron chi connectivity index (χ0n) is 15.1. The van der Waals surface area contributed by atoms with Gasteiger partial charge in [0.2, 0.25) is 0 Å². The zero-order chi connectivity index (χ0) is 18.5. The molecule has 1 unspecified atom stereocenters. The van der Waals surface area contributed by atoms with E-state index in [1.54, 1.807) is 43.8 Å². The van der Waals surface area contributed by atoms with Crippen LogP contribution >= 0.6 is 11.3 Å². The molecule has 1 aliphatic rings. The molecule has 0 bridgehead atoms. The van der Waals surface area contributed by atoms with Gasteiger partial charge in [0.15, 0.2) is 11.5 Å². The van der Waals surface area contributed by atoms with Gasteiger partial charge in [-0.3, -0.25) is 9.69 Å². The van der Waals surface area contributed by atoms with Crippen LogP contribution in [0.15, 0.2) is 35.7 Å². The van der Waals surface area contributed by atoms with Gasteiger partial charge >= 0.3 is 0 Å². The molecule has 6 nitrogen and oxygen atoms in total. The normalized spacial score (nSPS) is 16.3. The Morgan fingerprint density at radius 2 is 1.88 bits per heavy atom. The number of hydrogen-bond acceptors (Lipinski definition) is 6. The third kappa shape index (κ3) is 4.17. The van der Waals surface area contributed by atoms with Crippen LogP contribution in [0.25, 0.3) is 0 Å². The van der Waals surface area contributed by atoms with Crippen molar-refractivity contribution in [2.45, 2.75) is 6.10 Å². The third-order valence-electron chi connectivity index (χ3n) is 4.59. The number of benzene rings is 1. The molecule has 0 radical (unpaired) electrons. The van der Waals surface area contributed by atoms with E-state index in [0.717, 1.165) is 18.0 Å². The van der Waals surface area contributed by atoms with Gasteiger partial charge in [-0.15, -0.1) is 11.3 Å². The Morgan fingerprint density at radius 1 is 1.15 bits per heavy atom. The number of hydrogen-bond donors (Lipinski definition) is 1. The Balaban J connectivity index is 1.56. The predicted octanol–water partition coefficient (Wildman–Crippen LogP) is 2.26. The molecule has 1 N–H and O–H groups in total. The number of carbonyl (C=O) groups excluding carboxylic acids is 1. The average Bonchev–Trinajstić information content (AvgIpc) is 3.22. The molecule has 3 rings (SSSR count). The van der Waals surface area contributed by atoms with E-state index in [-0.39, 0.29) is 5.91 Å². The number of amides is 1. The van der Waals surface area contributed by atoms with Gasteiger partial charge < -0.3 is 19.5 Å². The molecule has 1 aromatic carbocycles. The van der Waals surface area contributed by atoms with Crippen molar-refractivity contribution in [3.05, 3.63) is 46.2 Å². The molecule has 2 aromatic rings. The fourth-order valence-corrected chi connectivity index (χ4v) is 3.80. The fourth-order valence-electron chi connectivity index (χ4n) is 3.10. The Morgan fingerprint density at radius 3 is 2.50 bits per heavy atom. The summed E-state index contributed by atoms with van der Waals surface area (Å²) in [5.41, 5.74) is 0.592. The quantitative estimate of drug-likeness (QED) is 0.838. The van der Waals surface area contributed by atoms with Crippen molar-refractivity contribution in [1.82, 2.24) is 9.80 Å². The van der Waals surface area contributed by atoms with Crippen LogP contribution in [-0.4, -0.2) is 67.8 Å². The minimum atomic E-state index is -0.469. The Hall–Kier alpha value is -2.09. The van der Waals surface area contributed by atoms with Crippen molar-refractivity contribution in [1.29, 1.82) is 0 Å². The maximum Gasteiger partial charge on any atom is 0.254 e. The number of rotatable bonds is 6. The summed E-state index contributed by atoms with van der Waals surface area (Å²) in [7, 11) is 3.13. The average molecular weight is 376 g/mol. The van der Waals surface area contributed by atoms with E-state index in [9.17, 15) is 9.90 Å². The molecule has 1 atom stereocenters. The van der Waals surface area contributed by atoms with Crippen LogP contribution in [0, 0.1) is 0 Å². The molecule has 7 heteroatoms. The molecule has 1 saturated heterocycles. The van der Waals surface area contributed by atoms with Crippen LogP contribution in [0.4, 0.5) is 0 Å². The lowest BCUT2D eigenvalue weighted by atomic mass is 10.1. The van der Waals surface area contributed by atoms with Gasteiger partial charge in [0.25, 0.3) is 5.91 Å². The van der Waals surface area contributed by atoms with Crippen LogP contribution in [-0.2, 0) is 0 Å². The number of ether oxygens (including phenoxy) is 2. The van der Waals surface area contributed by atoms with E-state index in [2.05, 4.69) is 4.90 Å². The van der Waals surface area contributed by atoms with Crippen LogP contribution in [0.3, 0.4) is 0 Å². The van der Waals surface area contributed by atoms with Crippen LogP contribution in [0.2, 0.25) is 0 Å². The first kappa shape index (κ1) is 18.7. The number of aliphatic hydroxyl groups is 1. The summed E-state index contributed by atoms with van der Waals surface area (Å²) in [6.45, 7) is 3.39. The first-order valence-electron chi connectivity index (χ1n) is 8.57. The summed E-state index contributed by atoms with van der Waals surface area (Å²) in [6, 6.07) is 9.12. The maximum absolute atomic E-state index is 12.7. The lowest BCUT2D eigenvalue weighted by molar-refractivity contribution is 0.0532. The van der Waals surface area contributed by atoms with Crippen molar-refractivity contribution >= 4 is 17.2 Å². The lowest BCUT2D eigenvalue weighted by Gasteiger charge is -2.35. The summed E-state index contributed by atoms with van der Waals surface area (Å²) in [5.74, 6) is 1.15. The van der Waals surface area contributed by atoms with Crippen molar-refractivity contribution in [2.75, 3.05) is 46.9 Å². The van der Waals surface area contributed by atoms with Crippen LogP contribution < -0.4 is 9.47 Å². The minimum Gasteiger partial charge on any atom is -0.493 e. The van der Waals surface area contributed by atoms with Gasteiger partial charge in [-0.05, 0) is 29.6 Å². The molecule has 1 aromatic heterocycles. The van der Waals surface area contributed by atoms with Crippen LogP contribution in [0.1, 0.15) is 21.3 Å². The predicted molar refractivity (Wildman–Crippen MR) is 101 cm³/mol. The monoisotopic (exact) mass is 376 g/mol. The number of carbonyl (C=O) groups is 1. The highest BCUT2D eigenvalue weighted by atomic mass is 32.1. The summed E-state index contributed by atoms with van der Waals surface area (Å²) in [4.78, 5) is 17.8. The van der Waals surface area contributed by atoms with Crippen molar-refractivity contribution in [3.8, 4) is 11.5 Å². The largest absolute Gasteiger partial charge is 0.493 e. The van der Waals surface area contributed by atoms with Crippen molar-refractivity contribution in [3.63, 3.8) is 0 Å². The topological polar surface area (TPSA) is 62.2 Å². The molecular weight excluding hydrogens is 352 g/mol. The molecule has 1 amide bonds. The highest BCUT2D eigenvalue weighted by Crippen LogP contribution is 2.28. The number of aliphatic hydroxyl groups excluding tert-OH is 1. The molecular formula is C19H24N2O4S. The molecule has 26 heavy (non-hydrogen) atoms. The van der Waals surface area contributed by atoms with E-state index >= 15 is 0 Å². The van der Waals surface area contributed by atoms with Crippen molar-refractivity contribution in [2.24, 2.45) is 0 Å². The number of thiophene rings is 1. The molecule has 2 heterocycles. The van der Waals surface area contributed by atoms with E-state index in [1.807, 2.05) is 22.4 Å². The zero-order valence-corrected chi connectivity index (χ0v) is 15.9. The first-order valence-corrected chi connectivity index (χ1v) is 9.45. The molecule has 140 valence electrons. The van der Waals surface area contributed by atoms with Gasteiger partial charge in [0, 0.05) is 43.2 Å². The fraction of sp³-hybridized carbons (Fsp3) is 0.421. The lowest BCUT2D eigenvalue weighted by Crippen LogP contribution is -2.49. The van der Waals surface area contributed by atoms with E-state index in [1.165, 1.54) is 0 Å². The highest BCUT2D eigenvalue weighted by molar-refractivity contribution is 7.10. The molecule has 1 aliphatic heterocycles. The standard InChI is InChI=1S/C19H24N2O4S/c1-24-16-6-5-14(12-17(16)25-2)19(23)21-9-7-20(8-10-21)13-15(22)18-4-3-11-26-18/h3-6,11-12,15,22H,7-10,13H2,1-2H3. The summed E-state index contributed by atoms with van der Waals surface area (Å²) < 4.78 is 10.5. The van der Waals surface area contributed by atoms with E-state index in [0.29, 0.717) is 36.7 Å². The second-order valence-electron chi connectivity index (χ2n) is 6.19. The van der Waals surface area contributed by atoms with Gasteiger partial charge in [0.1, 0.15) is 6.10 Å². The first-order chi connectivity index (χ1) is 12.6. The van der Waals surface area contributed by atoms with Crippen molar-refractivity contribution < 1.29 is 19.4 Å². The summed E-state index contributed by atoms with van der Waals surface area (Å²) in [5, 5.41) is 12.3. The number of nitrogens with zero attached hydrogens (tertiary/aromatic N) is 2. The maximum atomic E-state index is 12.7.